The fraction of sp³-hybridized carbons (Fsp3) is 0.571. The average molecular weight is 592 g/mol. The molecule has 1 saturated carbocycles. The van der Waals surface area contributed by atoms with Crippen molar-refractivity contribution >= 4 is 29.9 Å². The van der Waals surface area contributed by atoms with Crippen LogP contribution in [0.5, 0.6) is 5.88 Å². The van der Waals surface area contributed by atoms with Gasteiger partial charge in [-0.3, -0.25) is 14.5 Å². The number of aliphatic imine (C=N–C) groups is 1. The van der Waals surface area contributed by atoms with Gasteiger partial charge in [0, 0.05) is 42.8 Å². The van der Waals surface area contributed by atoms with Gasteiger partial charge in [0.25, 0.3) is 5.91 Å². The fourth-order valence-corrected chi connectivity index (χ4v) is 6.18. The van der Waals surface area contributed by atoms with E-state index in [1.807, 2.05) is 0 Å². The Kier molecular flexibility index (Phi) is 8.01. The molecule has 1 unspecified atom stereocenters. The standard InChI is InChI=1S/C28H36F3N7O2S/c1-18(32)21-16-33-12-4-5-19-15-26(2,3)37(17-19)24-20(25(39)36-41-21)6-7-22(34-24)38-13-8-23(35-38)40-14-11-27(9-10-27)28(29,30)31/h6-8,13,16,19H,4-5,9-12,14-15,17,32H2,1-3H3,(H,36,39). The zero-order valence-corrected chi connectivity index (χ0v) is 24.3. The minimum absolute atomic E-state index is 0.0707. The number of nitrogens with two attached hydrogens (primary N) is 1. The van der Waals surface area contributed by atoms with E-state index in [1.54, 1.807) is 37.5 Å². The van der Waals surface area contributed by atoms with Crippen LogP contribution in [-0.2, 0) is 0 Å². The molecular weight excluding hydrogens is 555 g/mol. The predicted octanol–water partition coefficient (Wildman–Crippen LogP) is 5.42. The quantitative estimate of drug-likeness (QED) is 0.447. The number of halogens is 3. The number of alkyl halides is 3. The number of hydrogen-bond donors (Lipinski definition) is 2. The zero-order valence-electron chi connectivity index (χ0n) is 23.5. The van der Waals surface area contributed by atoms with Gasteiger partial charge in [-0.05, 0) is 89.3 Å². The highest BCUT2D eigenvalue weighted by atomic mass is 32.2. The van der Waals surface area contributed by atoms with Gasteiger partial charge in [-0.1, -0.05) is 0 Å². The van der Waals surface area contributed by atoms with E-state index in [2.05, 4.69) is 33.6 Å². The minimum Gasteiger partial charge on any atom is -0.477 e. The second-order valence-electron chi connectivity index (χ2n) is 11.8. The number of hydrogen-bond acceptors (Lipinski definition) is 8. The number of fused-ring (bicyclic) bond motifs is 4. The Labute approximate surface area is 241 Å². The Balaban J connectivity index is 1.40. The molecule has 2 aromatic heterocycles. The predicted molar refractivity (Wildman–Crippen MR) is 153 cm³/mol. The van der Waals surface area contributed by atoms with Crippen molar-refractivity contribution in [3.63, 3.8) is 0 Å². The summed E-state index contributed by atoms with van der Waals surface area (Å²) in [6.45, 7) is 7.44. The highest BCUT2D eigenvalue weighted by Gasteiger charge is 2.62. The summed E-state index contributed by atoms with van der Waals surface area (Å²) in [5, 5.41) is 4.40. The molecule has 222 valence electrons. The first-order chi connectivity index (χ1) is 19.4. The van der Waals surface area contributed by atoms with E-state index in [0.29, 0.717) is 40.3 Å². The number of carbonyl (C=O) groups is 1. The van der Waals surface area contributed by atoms with Crippen molar-refractivity contribution in [2.24, 2.45) is 22.1 Å². The van der Waals surface area contributed by atoms with Crippen LogP contribution in [0.2, 0.25) is 0 Å². The molecule has 0 aromatic carbocycles. The minimum atomic E-state index is -4.21. The number of rotatable bonds is 5. The number of carbonyl (C=O) groups excluding carboxylic acids is 1. The monoisotopic (exact) mass is 591 g/mol. The lowest BCUT2D eigenvalue weighted by molar-refractivity contribution is -0.190. The number of nitrogens with one attached hydrogen (secondary N) is 1. The highest BCUT2D eigenvalue weighted by Crippen LogP contribution is 2.59. The number of nitrogens with zero attached hydrogens (tertiary/aromatic N) is 5. The van der Waals surface area contributed by atoms with Gasteiger partial charge in [0.1, 0.15) is 5.82 Å². The Morgan fingerprint density at radius 2 is 2.05 bits per heavy atom. The van der Waals surface area contributed by atoms with Crippen LogP contribution in [0.4, 0.5) is 19.0 Å². The van der Waals surface area contributed by atoms with E-state index in [0.717, 1.165) is 37.8 Å². The summed E-state index contributed by atoms with van der Waals surface area (Å²) in [7, 11) is 0. The molecule has 4 heterocycles. The maximum absolute atomic E-state index is 13.4. The lowest BCUT2D eigenvalue weighted by Gasteiger charge is -2.34. The first kappa shape index (κ1) is 29.3. The van der Waals surface area contributed by atoms with E-state index < -0.39 is 11.6 Å². The number of aromatic nitrogens is 3. The van der Waals surface area contributed by atoms with Gasteiger partial charge in [-0.25, -0.2) is 9.67 Å². The molecule has 2 aromatic rings. The number of anilines is 1. The summed E-state index contributed by atoms with van der Waals surface area (Å²) in [5.41, 5.74) is 5.14. The lowest BCUT2D eigenvalue weighted by Crippen LogP contribution is -2.40. The molecule has 1 aliphatic carbocycles. The number of pyridine rings is 1. The fourth-order valence-electron chi connectivity index (χ4n) is 5.57. The Morgan fingerprint density at radius 1 is 1.27 bits per heavy atom. The van der Waals surface area contributed by atoms with Crippen LogP contribution in [0.1, 0.15) is 69.7 Å². The van der Waals surface area contributed by atoms with Gasteiger partial charge < -0.3 is 15.4 Å². The smallest absolute Gasteiger partial charge is 0.394 e. The van der Waals surface area contributed by atoms with Gasteiger partial charge in [0.05, 0.1) is 22.5 Å². The third kappa shape index (κ3) is 6.34. The molecule has 2 fully saturated rings. The van der Waals surface area contributed by atoms with Crippen molar-refractivity contribution in [3.05, 3.63) is 40.6 Å². The maximum atomic E-state index is 13.4. The molecule has 0 spiro atoms. The molecule has 3 aliphatic rings. The van der Waals surface area contributed by atoms with Crippen molar-refractivity contribution in [1.29, 1.82) is 0 Å². The van der Waals surface area contributed by atoms with E-state index in [1.165, 1.54) is 4.68 Å². The molecule has 2 bridgehead atoms. The molecule has 1 saturated heterocycles. The second kappa shape index (κ2) is 11.2. The van der Waals surface area contributed by atoms with Crippen molar-refractivity contribution in [1.82, 2.24) is 19.5 Å². The van der Waals surface area contributed by atoms with Crippen molar-refractivity contribution in [2.45, 2.75) is 71.0 Å². The van der Waals surface area contributed by atoms with E-state index in [4.69, 9.17) is 15.5 Å². The molecule has 2 aliphatic heterocycles. The average Bonchev–Trinajstić information content (AvgIpc) is 3.45. The topological polar surface area (TPSA) is 111 Å². The SMILES string of the molecule is CC(N)=C1C=NCCCC2CN(c3nc(-n4ccc(OCCC5(C(F)(F)F)CC5)n4)ccc3C(=O)NS1)C(C)(C)C2. The number of ether oxygens (including phenoxy) is 1. The second-order valence-corrected chi connectivity index (χ2v) is 12.6. The van der Waals surface area contributed by atoms with Gasteiger partial charge >= 0.3 is 6.18 Å². The lowest BCUT2D eigenvalue weighted by atomic mass is 9.93. The number of allylic oxidation sites excluding steroid dienone is 2. The molecule has 5 rings (SSSR count). The van der Waals surface area contributed by atoms with Gasteiger partial charge in [-0.2, -0.15) is 13.2 Å². The summed E-state index contributed by atoms with van der Waals surface area (Å²) >= 11 is 1.12. The molecule has 0 radical (unpaired) electrons. The third-order valence-corrected chi connectivity index (χ3v) is 9.09. The van der Waals surface area contributed by atoms with E-state index in [-0.39, 0.29) is 43.2 Å². The largest absolute Gasteiger partial charge is 0.477 e. The summed E-state index contributed by atoms with van der Waals surface area (Å²) in [6.07, 6.45) is 2.24. The van der Waals surface area contributed by atoms with Crippen LogP contribution in [-0.4, -0.2) is 58.3 Å². The van der Waals surface area contributed by atoms with Crippen LogP contribution in [0.15, 0.2) is 40.0 Å². The third-order valence-electron chi connectivity index (χ3n) is 8.16. The van der Waals surface area contributed by atoms with Crippen molar-refractivity contribution < 1.29 is 22.7 Å². The molecule has 41 heavy (non-hydrogen) atoms. The van der Waals surface area contributed by atoms with Crippen molar-refractivity contribution in [2.75, 3.05) is 24.6 Å². The van der Waals surface area contributed by atoms with Crippen molar-refractivity contribution in [3.8, 4) is 11.7 Å². The summed E-state index contributed by atoms with van der Waals surface area (Å²) in [6, 6.07) is 5.02. The molecule has 3 N–H and O–H groups in total. The van der Waals surface area contributed by atoms with Crippen LogP contribution >= 0.6 is 11.9 Å². The van der Waals surface area contributed by atoms with Crippen LogP contribution in [0.3, 0.4) is 0 Å². The first-order valence-electron chi connectivity index (χ1n) is 13.9. The van der Waals surface area contributed by atoms with Crippen LogP contribution < -0.4 is 20.1 Å². The molecular formula is C28H36F3N7O2S. The Morgan fingerprint density at radius 3 is 2.76 bits per heavy atom. The summed E-state index contributed by atoms with van der Waals surface area (Å²) < 4.78 is 49.7. The van der Waals surface area contributed by atoms with E-state index >= 15 is 0 Å². The zero-order chi connectivity index (χ0) is 29.4. The normalized spacial score (nSPS) is 23.4. The molecule has 1 amide bonds. The molecule has 9 nitrogen and oxygen atoms in total. The Hall–Kier alpha value is -3.22. The number of amides is 1. The first-order valence-corrected chi connectivity index (χ1v) is 14.7. The Bertz CT molecular complexity index is 1350. The molecule has 13 heteroatoms. The van der Waals surface area contributed by atoms with Crippen LogP contribution in [0, 0.1) is 11.3 Å². The highest BCUT2D eigenvalue weighted by molar-refractivity contribution is 8.02. The maximum Gasteiger partial charge on any atom is 0.394 e. The summed E-state index contributed by atoms with van der Waals surface area (Å²) in [4.78, 5) is 25.7. The van der Waals surface area contributed by atoms with Gasteiger partial charge in [-0.15, -0.1) is 5.10 Å². The van der Waals surface area contributed by atoms with Crippen LogP contribution in [0.25, 0.3) is 5.82 Å². The molecule has 1 atom stereocenters. The van der Waals surface area contributed by atoms with Gasteiger partial charge in [0.15, 0.2) is 5.82 Å². The summed E-state index contributed by atoms with van der Waals surface area (Å²) in [5.74, 6) is 1.35. The van der Waals surface area contributed by atoms with Gasteiger partial charge in [0.2, 0.25) is 5.88 Å². The van der Waals surface area contributed by atoms with E-state index in [9.17, 15) is 18.0 Å².